The van der Waals surface area contributed by atoms with Crippen molar-refractivity contribution in [2.24, 2.45) is 5.92 Å². The minimum Gasteiger partial charge on any atom is -0.313 e. The van der Waals surface area contributed by atoms with Crippen LogP contribution in [0.5, 0.6) is 0 Å². The summed E-state index contributed by atoms with van der Waals surface area (Å²) < 4.78 is 0. The molecule has 9 aromatic carbocycles. The maximum absolute atomic E-state index is 2.58. The Morgan fingerprint density at radius 3 is 1.77 bits per heavy atom. The Balaban J connectivity index is 1.20. The lowest BCUT2D eigenvalue weighted by Crippen LogP contribution is -2.25. The average Bonchev–Trinajstić information content (AvgIpc) is 3.31. The van der Waals surface area contributed by atoms with Crippen LogP contribution in [0.2, 0.25) is 0 Å². The Morgan fingerprint density at radius 1 is 0.438 bits per heavy atom. The zero-order valence-corrected chi connectivity index (χ0v) is 38.3. The molecule has 0 aliphatic heterocycles. The molecule has 314 valence electrons. The topological polar surface area (TPSA) is 3.24 Å². The number of benzene rings is 9. The molecule has 0 saturated carbocycles. The lowest BCUT2D eigenvalue weighted by atomic mass is 9.78. The van der Waals surface area contributed by atoms with Crippen LogP contribution in [0.3, 0.4) is 0 Å². The number of para-hydroxylation sites is 1. The Hall–Kier alpha value is -6.96. The van der Waals surface area contributed by atoms with E-state index in [4.69, 9.17) is 0 Å². The van der Waals surface area contributed by atoms with Crippen molar-refractivity contribution < 1.29 is 0 Å². The summed E-state index contributed by atoms with van der Waals surface area (Å²) in [5, 5.41) is 7.61. The largest absolute Gasteiger partial charge is 0.313 e. The number of anilines is 2. The van der Waals surface area contributed by atoms with Gasteiger partial charge < -0.3 is 4.90 Å². The lowest BCUT2D eigenvalue weighted by molar-refractivity contribution is 0.569. The summed E-state index contributed by atoms with van der Waals surface area (Å²) >= 11 is 0. The van der Waals surface area contributed by atoms with Gasteiger partial charge in [0.2, 0.25) is 0 Å². The zero-order chi connectivity index (χ0) is 44.2. The van der Waals surface area contributed by atoms with Crippen molar-refractivity contribution in [1.29, 1.82) is 0 Å². The second-order valence-corrected chi connectivity index (χ2v) is 19.8. The van der Waals surface area contributed by atoms with Gasteiger partial charge in [0.1, 0.15) is 0 Å². The number of fused-ring (bicyclic) bond motifs is 4. The number of rotatable bonds is 7. The van der Waals surface area contributed by atoms with Crippen LogP contribution in [-0.4, -0.2) is 0 Å². The van der Waals surface area contributed by atoms with Crippen LogP contribution in [0.15, 0.2) is 206 Å². The van der Waals surface area contributed by atoms with E-state index in [1.54, 1.807) is 0 Å². The van der Waals surface area contributed by atoms with Gasteiger partial charge in [0, 0.05) is 28.4 Å². The number of hydrogen-bond donors (Lipinski definition) is 0. The first kappa shape index (κ1) is 41.1. The van der Waals surface area contributed by atoms with Crippen LogP contribution in [0.1, 0.15) is 71.6 Å². The maximum atomic E-state index is 2.58. The number of hydrogen-bond acceptors (Lipinski definition) is 1. The van der Waals surface area contributed by atoms with Crippen molar-refractivity contribution in [1.82, 2.24) is 0 Å². The van der Waals surface area contributed by atoms with Gasteiger partial charge in [-0.25, -0.2) is 0 Å². The molecule has 0 radical (unpaired) electrons. The van der Waals surface area contributed by atoms with Gasteiger partial charge >= 0.3 is 0 Å². The second-order valence-electron chi connectivity index (χ2n) is 19.8. The van der Waals surface area contributed by atoms with Gasteiger partial charge in [0.05, 0.1) is 5.69 Å². The Labute approximate surface area is 380 Å². The quantitative estimate of drug-likeness (QED) is 0.145. The highest BCUT2D eigenvalue weighted by atomic mass is 15.2. The Bertz CT molecular complexity index is 3220. The molecule has 0 saturated heterocycles. The van der Waals surface area contributed by atoms with E-state index in [2.05, 4.69) is 254 Å². The van der Waals surface area contributed by atoms with Crippen molar-refractivity contribution in [2.75, 3.05) is 4.90 Å². The van der Waals surface area contributed by atoms with Crippen LogP contribution in [0.4, 0.5) is 11.4 Å². The summed E-state index contributed by atoms with van der Waals surface area (Å²) in [6, 6.07) is 70.3. The van der Waals surface area contributed by atoms with E-state index >= 15 is 0 Å². The highest BCUT2D eigenvalue weighted by molar-refractivity contribution is 6.12. The molecule has 1 aliphatic carbocycles. The summed E-state index contributed by atoms with van der Waals surface area (Å²) in [4.78, 5) is 2.58. The smallest absolute Gasteiger partial charge is 0.0537 e. The molecule has 1 atom stereocenters. The van der Waals surface area contributed by atoms with Crippen LogP contribution in [0.25, 0.3) is 71.3 Å². The summed E-state index contributed by atoms with van der Waals surface area (Å²) in [6.45, 7) is 16.4. The fourth-order valence-corrected chi connectivity index (χ4v) is 9.90. The number of allylic oxidation sites excluding steroid dienone is 4. The fourth-order valence-electron chi connectivity index (χ4n) is 9.90. The van der Waals surface area contributed by atoms with Crippen molar-refractivity contribution >= 4 is 49.3 Å². The maximum Gasteiger partial charge on any atom is 0.0537 e. The van der Waals surface area contributed by atoms with Crippen LogP contribution in [0, 0.1) is 5.92 Å². The Kier molecular flexibility index (Phi) is 10.5. The van der Waals surface area contributed by atoms with E-state index in [1.165, 1.54) is 99.3 Å². The van der Waals surface area contributed by atoms with Gasteiger partial charge in [0.25, 0.3) is 0 Å². The second kappa shape index (κ2) is 16.3. The predicted molar refractivity (Wildman–Crippen MR) is 278 cm³/mol. The molecule has 0 bridgehead atoms. The first-order valence-corrected chi connectivity index (χ1v) is 23.0. The molecule has 1 heteroatoms. The van der Waals surface area contributed by atoms with Gasteiger partial charge in [-0.3, -0.25) is 0 Å². The van der Waals surface area contributed by atoms with Gasteiger partial charge in [-0.1, -0.05) is 230 Å². The zero-order valence-electron chi connectivity index (χ0n) is 38.3. The SMILES string of the molecule is CC1CC=CC(c2ccccc2)=C1N(c1ccc(-c2cccc3c2ccc2ccccc23)cc1)c1ccccc1-c1cccc2cccc(-c3cc(C(C)(C)C)cc(C(C)(C)C)c3)c12. The monoisotopic (exact) mass is 827 g/mol. The summed E-state index contributed by atoms with van der Waals surface area (Å²) in [5.74, 6) is 0.262. The minimum atomic E-state index is 0.00336. The molecule has 0 amide bonds. The van der Waals surface area contributed by atoms with E-state index in [-0.39, 0.29) is 16.7 Å². The molecule has 0 fully saturated rings. The third kappa shape index (κ3) is 7.54. The third-order valence-corrected chi connectivity index (χ3v) is 13.4. The highest BCUT2D eigenvalue weighted by Crippen LogP contribution is 2.48. The van der Waals surface area contributed by atoms with Gasteiger partial charge in [-0.2, -0.15) is 0 Å². The van der Waals surface area contributed by atoms with Crippen LogP contribution < -0.4 is 4.90 Å². The van der Waals surface area contributed by atoms with E-state index in [0.29, 0.717) is 0 Å². The molecule has 0 aromatic heterocycles. The van der Waals surface area contributed by atoms with Crippen molar-refractivity contribution in [3.63, 3.8) is 0 Å². The molecule has 0 N–H and O–H groups in total. The molecular weight excluding hydrogens is 771 g/mol. The highest BCUT2D eigenvalue weighted by Gasteiger charge is 2.29. The predicted octanol–water partition coefficient (Wildman–Crippen LogP) is 17.9. The third-order valence-electron chi connectivity index (χ3n) is 13.4. The summed E-state index contributed by atoms with van der Waals surface area (Å²) in [5.41, 5.74) is 16.2. The Morgan fingerprint density at radius 2 is 1.03 bits per heavy atom. The first-order chi connectivity index (χ1) is 30.9. The van der Waals surface area contributed by atoms with Crippen molar-refractivity contribution in [3.8, 4) is 33.4 Å². The van der Waals surface area contributed by atoms with E-state index in [1.807, 2.05) is 0 Å². The molecule has 1 nitrogen and oxygen atoms in total. The molecule has 0 heterocycles. The van der Waals surface area contributed by atoms with Crippen molar-refractivity contribution in [2.45, 2.75) is 65.7 Å². The van der Waals surface area contributed by atoms with Crippen LogP contribution >= 0.6 is 0 Å². The minimum absolute atomic E-state index is 0.00336. The molecule has 1 unspecified atom stereocenters. The molecule has 10 rings (SSSR count). The summed E-state index contributed by atoms with van der Waals surface area (Å²) in [7, 11) is 0. The standard InChI is InChI=1S/C63H57N/c1-42-19-15-29-54(43-20-9-8-10-21-43)61(42)64(50-36-33-45(34-37-50)52-27-18-30-55-51-25-12-11-22-44(51)35-38-56(52)55)59-32-14-13-26-57(59)58-31-17-24-46-23-16-28-53(60(46)58)47-39-48(62(2,3)4)41-49(40-47)63(5,6)7/h8-18,20-42H,19H2,1-7H3. The average molecular weight is 828 g/mol. The first-order valence-electron chi connectivity index (χ1n) is 23.0. The van der Waals surface area contributed by atoms with Crippen LogP contribution in [-0.2, 0) is 10.8 Å². The molecule has 9 aromatic rings. The molecular formula is C63H57N. The van der Waals surface area contributed by atoms with E-state index in [9.17, 15) is 0 Å². The van der Waals surface area contributed by atoms with Crippen molar-refractivity contribution in [3.05, 3.63) is 223 Å². The van der Waals surface area contributed by atoms with Gasteiger partial charge in [-0.05, 0) is 112 Å². The van der Waals surface area contributed by atoms with Gasteiger partial charge in [0.15, 0.2) is 0 Å². The van der Waals surface area contributed by atoms with Gasteiger partial charge in [-0.15, -0.1) is 0 Å². The van der Waals surface area contributed by atoms with E-state index in [0.717, 1.165) is 12.1 Å². The molecule has 0 spiro atoms. The fraction of sp³-hybridized carbons (Fsp3) is 0.175. The number of nitrogens with zero attached hydrogens (tertiary/aromatic N) is 1. The molecule has 1 aliphatic rings. The molecule has 64 heavy (non-hydrogen) atoms. The normalized spacial score (nSPS) is 14.5. The summed E-state index contributed by atoms with van der Waals surface area (Å²) in [6.07, 6.45) is 5.66. The lowest BCUT2D eigenvalue weighted by Gasteiger charge is -2.36. The van der Waals surface area contributed by atoms with E-state index < -0.39 is 0 Å².